The van der Waals surface area contributed by atoms with Gasteiger partial charge in [-0.1, -0.05) is 18.2 Å². The van der Waals surface area contributed by atoms with Crippen molar-refractivity contribution in [1.29, 1.82) is 0 Å². The summed E-state index contributed by atoms with van der Waals surface area (Å²) in [6, 6.07) is 4.69. The molecule has 1 rings (SSSR count). The summed E-state index contributed by atoms with van der Waals surface area (Å²) in [7, 11) is 0. The highest BCUT2D eigenvalue weighted by Crippen LogP contribution is 2.29. The van der Waals surface area contributed by atoms with Crippen molar-refractivity contribution in [2.24, 2.45) is 0 Å². The summed E-state index contributed by atoms with van der Waals surface area (Å²) in [4.78, 5) is 11.9. The van der Waals surface area contributed by atoms with Crippen molar-refractivity contribution >= 4 is 5.78 Å². The molecule has 0 unspecified atom stereocenters. The summed E-state index contributed by atoms with van der Waals surface area (Å²) in [6.45, 7) is 4.01. The quantitative estimate of drug-likeness (QED) is 0.723. The lowest BCUT2D eigenvalue weighted by Crippen LogP contribution is -2.29. The smallest absolute Gasteiger partial charge is 0.346 e. The third-order valence-electron chi connectivity index (χ3n) is 2.53. The van der Waals surface area contributed by atoms with E-state index in [4.69, 9.17) is 9.47 Å². The van der Waals surface area contributed by atoms with Crippen LogP contribution in [0.4, 0.5) is 13.2 Å². The number of hydrogen-bond donors (Lipinski definition) is 0. The molecule has 0 N–H and O–H groups in total. The van der Waals surface area contributed by atoms with Crippen molar-refractivity contribution in [3.8, 4) is 0 Å². The highest BCUT2D eigenvalue weighted by atomic mass is 19.4. The molecule has 1 aromatic rings. The van der Waals surface area contributed by atoms with Crippen LogP contribution in [0.25, 0.3) is 0 Å². The minimum atomic E-state index is -4.42. The number of rotatable bonds is 7. The van der Waals surface area contributed by atoms with Crippen LogP contribution in [0.5, 0.6) is 0 Å². The molecule has 20 heavy (non-hydrogen) atoms. The van der Waals surface area contributed by atoms with E-state index in [0.717, 1.165) is 12.1 Å². The van der Waals surface area contributed by atoms with Crippen molar-refractivity contribution in [1.82, 2.24) is 0 Å². The van der Waals surface area contributed by atoms with E-state index in [1.807, 2.05) is 0 Å². The average Bonchev–Trinajstić information content (AvgIpc) is 2.38. The van der Waals surface area contributed by atoms with E-state index in [2.05, 4.69) is 0 Å². The van der Waals surface area contributed by atoms with Crippen LogP contribution in [0.15, 0.2) is 24.3 Å². The molecule has 0 radical (unpaired) electrons. The Balaban J connectivity index is 2.79. The molecule has 0 saturated heterocycles. The van der Waals surface area contributed by atoms with Crippen molar-refractivity contribution in [3.63, 3.8) is 0 Å². The second-order valence-corrected chi connectivity index (χ2v) is 4.08. The van der Waals surface area contributed by atoms with Crippen molar-refractivity contribution in [2.45, 2.75) is 32.7 Å². The van der Waals surface area contributed by atoms with Crippen molar-refractivity contribution in [3.05, 3.63) is 35.4 Å². The maximum Gasteiger partial charge on any atom is 0.416 e. The van der Waals surface area contributed by atoms with Gasteiger partial charge in [-0.2, -0.15) is 13.2 Å². The Hall–Kier alpha value is -1.40. The van der Waals surface area contributed by atoms with Crippen LogP contribution < -0.4 is 0 Å². The average molecular weight is 290 g/mol. The number of carbonyl (C=O) groups excluding carboxylic acids is 1. The zero-order valence-corrected chi connectivity index (χ0v) is 11.4. The first kappa shape index (κ1) is 16.7. The largest absolute Gasteiger partial charge is 0.416 e. The topological polar surface area (TPSA) is 35.5 Å². The molecular formula is C14H17F3O3. The molecule has 0 bridgehead atoms. The molecule has 1 aromatic carbocycles. The lowest BCUT2D eigenvalue weighted by Gasteiger charge is -2.16. The number of Topliss-reactive ketones (excluding diaryl/α,β-unsaturated/α-hetero) is 1. The Kier molecular flexibility index (Phi) is 6.16. The van der Waals surface area contributed by atoms with Gasteiger partial charge < -0.3 is 9.47 Å². The normalized spacial score (nSPS) is 11.9. The minimum absolute atomic E-state index is 0.158. The Morgan fingerprint density at radius 2 is 1.80 bits per heavy atom. The van der Waals surface area contributed by atoms with Gasteiger partial charge in [0.15, 0.2) is 5.78 Å². The SMILES string of the molecule is CCOC(OCC)C(=O)Cc1cccc(C(F)(F)F)c1. The maximum absolute atomic E-state index is 12.6. The lowest BCUT2D eigenvalue weighted by molar-refractivity contribution is -0.167. The van der Waals surface area contributed by atoms with E-state index in [9.17, 15) is 18.0 Å². The van der Waals surface area contributed by atoms with Crippen LogP contribution in [0, 0.1) is 0 Å². The second-order valence-electron chi connectivity index (χ2n) is 4.08. The van der Waals surface area contributed by atoms with Crippen molar-refractivity contribution < 1.29 is 27.4 Å². The molecular weight excluding hydrogens is 273 g/mol. The number of carbonyl (C=O) groups is 1. The van der Waals surface area contributed by atoms with Crippen molar-refractivity contribution in [2.75, 3.05) is 13.2 Å². The number of hydrogen-bond acceptors (Lipinski definition) is 3. The molecule has 0 spiro atoms. The molecule has 0 aliphatic carbocycles. The Morgan fingerprint density at radius 3 is 2.30 bits per heavy atom. The van der Waals surface area contributed by atoms with E-state index in [1.165, 1.54) is 12.1 Å². The zero-order valence-electron chi connectivity index (χ0n) is 11.4. The second kappa shape index (κ2) is 7.40. The molecule has 0 saturated carbocycles. The molecule has 112 valence electrons. The molecule has 6 heteroatoms. The molecule has 0 fully saturated rings. The molecule has 0 aliphatic rings. The monoisotopic (exact) mass is 290 g/mol. The van der Waals surface area contributed by atoms with Gasteiger partial charge in [0.05, 0.1) is 5.56 Å². The van der Waals surface area contributed by atoms with Crippen LogP contribution in [0.1, 0.15) is 25.0 Å². The van der Waals surface area contributed by atoms with Crippen LogP contribution in [-0.4, -0.2) is 25.3 Å². The fourth-order valence-corrected chi connectivity index (χ4v) is 1.68. The van der Waals surface area contributed by atoms with Gasteiger partial charge in [0.1, 0.15) is 0 Å². The number of benzene rings is 1. The molecule has 3 nitrogen and oxygen atoms in total. The minimum Gasteiger partial charge on any atom is -0.346 e. The highest BCUT2D eigenvalue weighted by molar-refractivity contribution is 5.84. The van der Waals surface area contributed by atoms with Crippen LogP contribution in [-0.2, 0) is 26.9 Å². The summed E-state index contributed by atoms with van der Waals surface area (Å²) in [6.07, 6.45) is -5.60. The van der Waals surface area contributed by atoms with Crippen LogP contribution >= 0.6 is 0 Å². The highest BCUT2D eigenvalue weighted by Gasteiger charge is 2.30. The van der Waals surface area contributed by atoms with E-state index >= 15 is 0 Å². The Bertz CT molecular complexity index is 438. The molecule has 0 aliphatic heterocycles. The van der Waals surface area contributed by atoms with Gasteiger partial charge in [0, 0.05) is 19.6 Å². The molecule has 0 aromatic heterocycles. The van der Waals surface area contributed by atoms with E-state index in [1.54, 1.807) is 13.8 Å². The summed E-state index contributed by atoms with van der Waals surface area (Å²) in [5, 5.41) is 0. The Morgan fingerprint density at radius 1 is 1.20 bits per heavy atom. The predicted octanol–water partition coefficient (Wildman–Crippen LogP) is 3.22. The fourth-order valence-electron chi connectivity index (χ4n) is 1.68. The molecule has 0 atom stereocenters. The maximum atomic E-state index is 12.6. The fraction of sp³-hybridized carbons (Fsp3) is 0.500. The van der Waals surface area contributed by atoms with Gasteiger partial charge in [-0.05, 0) is 25.5 Å². The Labute approximate surface area is 115 Å². The first-order chi connectivity index (χ1) is 9.38. The summed E-state index contributed by atoms with van der Waals surface area (Å²) >= 11 is 0. The number of alkyl halides is 3. The van der Waals surface area contributed by atoms with Gasteiger partial charge in [-0.15, -0.1) is 0 Å². The lowest BCUT2D eigenvalue weighted by atomic mass is 10.1. The zero-order chi connectivity index (χ0) is 15.2. The van der Waals surface area contributed by atoms with Crippen LogP contribution in [0.3, 0.4) is 0 Å². The summed E-state index contributed by atoms with van der Waals surface area (Å²) in [5.74, 6) is -0.395. The van der Waals surface area contributed by atoms with E-state index in [0.29, 0.717) is 13.2 Å². The standard InChI is InChI=1S/C14H17F3O3/c1-3-19-13(20-4-2)12(18)9-10-6-5-7-11(8-10)14(15,16)17/h5-8,13H,3-4,9H2,1-2H3. The first-order valence-corrected chi connectivity index (χ1v) is 6.30. The van der Waals surface area contributed by atoms with Gasteiger partial charge in [0.2, 0.25) is 6.29 Å². The summed E-state index contributed by atoms with van der Waals surface area (Å²) < 4.78 is 48.0. The third-order valence-corrected chi connectivity index (χ3v) is 2.53. The van der Waals surface area contributed by atoms with Gasteiger partial charge in [-0.25, -0.2) is 0 Å². The van der Waals surface area contributed by atoms with Gasteiger partial charge >= 0.3 is 6.18 Å². The van der Waals surface area contributed by atoms with Gasteiger partial charge in [-0.3, -0.25) is 4.79 Å². The first-order valence-electron chi connectivity index (χ1n) is 6.30. The number of ether oxygens (including phenoxy) is 2. The number of halogens is 3. The summed E-state index contributed by atoms with van der Waals surface area (Å²) in [5.41, 5.74) is -0.485. The van der Waals surface area contributed by atoms with Crippen LogP contribution in [0.2, 0.25) is 0 Å². The third kappa shape index (κ3) is 4.94. The number of ketones is 1. The predicted molar refractivity (Wildman–Crippen MR) is 67.2 cm³/mol. The van der Waals surface area contributed by atoms with E-state index < -0.39 is 23.8 Å². The van der Waals surface area contributed by atoms with Gasteiger partial charge in [0.25, 0.3) is 0 Å². The molecule has 0 amide bonds. The molecule has 0 heterocycles. The van der Waals surface area contributed by atoms with E-state index in [-0.39, 0.29) is 12.0 Å².